The number of likely N-dealkylation sites (N-methyl/N-ethyl adjacent to an activating group) is 1. The summed E-state index contributed by atoms with van der Waals surface area (Å²) in [5.41, 5.74) is 1.30. The van der Waals surface area contributed by atoms with Gasteiger partial charge in [-0.05, 0) is 64.0 Å². The minimum atomic E-state index is -0.698. The monoisotopic (exact) mass is 602 g/mol. The molecule has 2 rings (SSSR count). The second-order valence-electron chi connectivity index (χ2n) is 10.6. The largest absolute Gasteiger partial charge is 0.456 e. The van der Waals surface area contributed by atoms with Crippen LogP contribution in [0.5, 0.6) is 0 Å². The summed E-state index contributed by atoms with van der Waals surface area (Å²) in [5.74, 6) is 0.0284. The molecule has 0 aliphatic rings. The summed E-state index contributed by atoms with van der Waals surface area (Å²) in [6, 6.07) is 11.2. The van der Waals surface area contributed by atoms with E-state index >= 15 is 0 Å². The second-order valence-corrected chi connectivity index (χ2v) is 11.0. The van der Waals surface area contributed by atoms with E-state index in [1.54, 1.807) is 26.8 Å². The number of aromatic nitrogens is 1. The molecule has 230 valence electrons. The SMILES string of the molecule is CN(CCOC(=O)NCCOCCOCCCCCCCl)c1ccc2nc(/C=C(\C#N)C(=O)OC(C)(C)C)ccc2c1. The van der Waals surface area contributed by atoms with Crippen molar-refractivity contribution in [1.29, 1.82) is 5.26 Å². The summed E-state index contributed by atoms with van der Waals surface area (Å²) in [6.07, 6.45) is 5.26. The summed E-state index contributed by atoms with van der Waals surface area (Å²) in [4.78, 5) is 30.7. The second kappa shape index (κ2) is 18.9. The lowest BCUT2D eigenvalue weighted by molar-refractivity contribution is -0.149. The van der Waals surface area contributed by atoms with Crippen molar-refractivity contribution in [2.75, 3.05) is 64.0 Å². The molecule has 1 aromatic heterocycles. The van der Waals surface area contributed by atoms with Gasteiger partial charge in [0.2, 0.25) is 0 Å². The van der Waals surface area contributed by atoms with Crippen molar-refractivity contribution in [3.8, 4) is 6.07 Å². The van der Waals surface area contributed by atoms with Crippen LogP contribution in [0.25, 0.3) is 17.0 Å². The summed E-state index contributed by atoms with van der Waals surface area (Å²) < 4.78 is 21.5. The zero-order valence-electron chi connectivity index (χ0n) is 25.1. The first kappa shape index (κ1) is 34.8. The van der Waals surface area contributed by atoms with Crippen molar-refractivity contribution in [1.82, 2.24) is 10.3 Å². The molecular weight excluding hydrogens is 560 g/mol. The van der Waals surface area contributed by atoms with Crippen LogP contribution < -0.4 is 10.2 Å². The number of hydrogen-bond donors (Lipinski definition) is 1. The van der Waals surface area contributed by atoms with Crippen LogP contribution in [0.3, 0.4) is 0 Å². The van der Waals surface area contributed by atoms with E-state index in [-0.39, 0.29) is 12.2 Å². The predicted molar refractivity (Wildman–Crippen MR) is 165 cm³/mol. The first-order valence-corrected chi connectivity index (χ1v) is 14.8. The topological polar surface area (TPSA) is 123 Å². The Morgan fingerprint density at radius 3 is 2.48 bits per heavy atom. The van der Waals surface area contributed by atoms with Crippen LogP contribution in [0, 0.1) is 11.3 Å². The molecule has 1 heterocycles. The predicted octanol–water partition coefficient (Wildman–Crippen LogP) is 5.48. The number of esters is 1. The van der Waals surface area contributed by atoms with Crippen molar-refractivity contribution in [2.45, 2.75) is 52.1 Å². The maximum atomic E-state index is 12.3. The fourth-order valence-corrected chi connectivity index (χ4v) is 3.91. The number of hydrogen-bond acceptors (Lipinski definition) is 9. The number of nitrogens with one attached hydrogen (secondary N) is 1. The van der Waals surface area contributed by atoms with Gasteiger partial charge in [-0.1, -0.05) is 18.9 Å². The lowest BCUT2D eigenvalue weighted by Crippen LogP contribution is -2.31. The molecule has 42 heavy (non-hydrogen) atoms. The third-order valence-corrected chi connectivity index (χ3v) is 6.15. The van der Waals surface area contributed by atoms with Crippen molar-refractivity contribution in [3.63, 3.8) is 0 Å². The average molecular weight is 603 g/mol. The highest BCUT2D eigenvalue weighted by Crippen LogP contribution is 2.22. The van der Waals surface area contributed by atoms with Crippen LogP contribution in [-0.4, -0.2) is 81.7 Å². The van der Waals surface area contributed by atoms with Gasteiger partial charge in [-0.3, -0.25) is 0 Å². The number of ether oxygens (including phenoxy) is 4. The molecule has 1 amide bonds. The third kappa shape index (κ3) is 14.0. The van der Waals surface area contributed by atoms with Gasteiger partial charge in [0.1, 0.15) is 23.9 Å². The van der Waals surface area contributed by atoms with E-state index in [4.69, 9.17) is 30.5 Å². The molecule has 0 saturated heterocycles. The number of unbranched alkanes of at least 4 members (excludes halogenated alkanes) is 3. The molecule has 0 radical (unpaired) electrons. The van der Waals surface area contributed by atoms with Gasteiger partial charge in [-0.15, -0.1) is 11.6 Å². The maximum Gasteiger partial charge on any atom is 0.407 e. The summed E-state index contributed by atoms with van der Waals surface area (Å²) in [7, 11) is 1.91. The summed E-state index contributed by atoms with van der Waals surface area (Å²) in [5, 5.41) is 13.0. The van der Waals surface area contributed by atoms with Gasteiger partial charge in [0, 0.05) is 37.2 Å². The Hall–Kier alpha value is -3.39. The van der Waals surface area contributed by atoms with E-state index in [9.17, 15) is 14.9 Å². The number of amides is 1. The number of benzene rings is 1. The van der Waals surface area contributed by atoms with E-state index in [2.05, 4.69) is 10.3 Å². The molecule has 0 atom stereocenters. The quantitative estimate of drug-likeness (QED) is 0.0776. The molecule has 0 saturated carbocycles. The van der Waals surface area contributed by atoms with E-state index in [1.807, 2.05) is 42.3 Å². The number of alkyl carbamates (subject to hydrolysis) is 1. The number of nitriles is 1. The van der Waals surface area contributed by atoms with Crippen molar-refractivity contribution >= 4 is 46.3 Å². The Bertz CT molecular complexity index is 1210. The number of fused-ring (bicyclic) bond motifs is 1. The molecule has 0 bridgehead atoms. The number of halogens is 1. The van der Waals surface area contributed by atoms with E-state index in [0.29, 0.717) is 50.0 Å². The lowest BCUT2D eigenvalue weighted by atomic mass is 10.1. The Balaban J connectivity index is 1.70. The Morgan fingerprint density at radius 2 is 1.76 bits per heavy atom. The Morgan fingerprint density at radius 1 is 1.02 bits per heavy atom. The van der Waals surface area contributed by atoms with Crippen LogP contribution in [0.15, 0.2) is 35.9 Å². The van der Waals surface area contributed by atoms with Crippen LogP contribution in [-0.2, 0) is 23.7 Å². The highest BCUT2D eigenvalue weighted by Gasteiger charge is 2.20. The van der Waals surface area contributed by atoms with Gasteiger partial charge in [0.15, 0.2) is 0 Å². The minimum Gasteiger partial charge on any atom is -0.456 e. The molecule has 0 aliphatic carbocycles. The number of anilines is 1. The maximum absolute atomic E-state index is 12.3. The Labute approximate surface area is 253 Å². The summed E-state index contributed by atoms with van der Waals surface area (Å²) >= 11 is 5.65. The smallest absolute Gasteiger partial charge is 0.407 e. The number of alkyl halides is 1. The molecule has 0 aliphatic heterocycles. The molecule has 10 nitrogen and oxygen atoms in total. The van der Waals surface area contributed by atoms with Crippen LogP contribution >= 0.6 is 11.6 Å². The summed E-state index contributed by atoms with van der Waals surface area (Å²) in [6.45, 7) is 8.42. The first-order valence-electron chi connectivity index (χ1n) is 14.2. The van der Waals surface area contributed by atoms with Crippen LogP contribution in [0.2, 0.25) is 0 Å². The van der Waals surface area contributed by atoms with Crippen molar-refractivity contribution in [3.05, 3.63) is 41.6 Å². The molecule has 0 unspecified atom stereocenters. The zero-order chi connectivity index (χ0) is 30.8. The van der Waals surface area contributed by atoms with Crippen LogP contribution in [0.4, 0.5) is 10.5 Å². The van der Waals surface area contributed by atoms with Gasteiger partial charge in [0.05, 0.1) is 37.6 Å². The highest BCUT2D eigenvalue weighted by atomic mass is 35.5. The fraction of sp³-hybridized carbons (Fsp3) is 0.548. The molecule has 11 heteroatoms. The van der Waals surface area contributed by atoms with E-state index in [1.165, 1.54) is 6.08 Å². The van der Waals surface area contributed by atoms with Gasteiger partial charge >= 0.3 is 12.1 Å². The number of nitrogens with zero attached hydrogens (tertiary/aromatic N) is 3. The minimum absolute atomic E-state index is 0.116. The van der Waals surface area contributed by atoms with Gasteiger partial charge in [-0.2, -0.15) is 5.26 Å². The molecule has 0 spiro atoms. The average Bonchev–Trinajstić information content (AvgIpc) is 2.95. The lowest BCUT2D eigenvalue weighted by Gasteiger charge is -2.20. The van der Waals surface area contributed by atoms with Crippen molar-refractivity contribution < 1.29 is 28.5 Å². The number of rotatable bonds is 18. The van der Waals surface area contributed by atoms with Crippen molar-refractivity contribution in [2.24, 2.45) is 0 Å². The molecule has 1 aromatic carbocycles. The van der Waals surface area contributed by atoms with Gasteiger partial charge < -0.3 is 29.2 Å². The Kier molecular flexibility index (Phi) is 15.7. The first-order chi connectivity index (χ1) is 20.1. The molecule has 1 N–H and O–H groups in total. The molecule has 2 aromatic rings. The number of carbonyl (C=O) groups is 2. The van der Waals surface area contributed by atoms with E-state index < -0.39 is 17.7 Å². The van der Waals surface area contributed by atoms with Crippen LogP contribution in [0.1, 0.15) is 52.1 Å². The third-order valence-electron chi connectivity index (χ3n) is 5.89. The molecule has 0 fully saturated rings. The normalized spacial score (nSPS) is 11.7. The highest BCUT2D eigenvalue weighted by molar-refractivity contribution is 6.17. The van der Waals surface area contributed by atoms with Gasteiger partial charge in [-0.25, -0.2) is 14.6 Å². The zero-order valence-corrected chi connectivity index (χ0v) is 25.9. The number of pyridine rings is 1. The fourth-order valence-electron chi connectivity index (χ4n) is 3.72. The number of carbonyl (C=O) groups excluding carboxylic acids is 2. The standard InChI is InChI=1S/C31H43ClN4O6/c1-31(2,3)42-29(37)25(23-33)21-26-10-9-24-22-27(11-12-28(24)35-26)36(4)15-18-41-30(38)34-14-17-40-20-19-39-16-8-6-5-7-13-32/h9-12,21-22H,5-8,13-20H2,1-4H3,(H,34,38)/b25-21+. The van der Waals surface area contributed by atoms with Gasteiger partial charge in [0.25, 0.3) is 0 Å². The van der Waals surface area contributed by atoms with E-state index in [0.717, 1.165) is 43.4 Å². The molecular formula is C31H43ClN4O6.